The monoisotopic (exact) mass is 224 g/mol. The van der Waals surface area contributed by atoms with E-state index >= 15 is 0 Å². The molecule has 1 unspecified atom stereocenters. The first-order valence-electron chi connectivity index (χ1n) is 4.48. The molecule has 0 saturated heterocycles. The van der Waals surface area contributed by atoms with Gasteiger partial charge in [-0.15, -0.1) is 11.8 Å². The van der Waals surface area contributed by atoms with Gasteiger partial charge in [-0.05, 0) is 19.2 Å². The van der Waals surface area contributed by atoms with Gasteiger partial charge in [0.15, 0.2) is 5.78 Å². The Morgan fingerprint density at radius 2 is 1.93 bits per heavy atom. The quantitative estimate of drug-likeness (QED) is 0.484. The molecule has 0 aliphatic carbocycles. The summed E-state index contributed by atoms with van der Waals surface area (Å²) in [5.74, 6) is -2.42. The fourth-order valence-electron chi connectivity index (χ4n) is 1.19. The van der Waals surface area contributed by atoms with Crippen molar-refractivity contribution >= 4 is 23.5 Å². The Morgan fingerprint density at radius 1 is 1.33 bits per heavy atom. The molecule has 1 aromatic carbocycles. The lowest BCUT2D eigenvalue weighted by Crippen LogP contribution is -2.21. The zero-order chi connectivity index (χ0) is 11.4. The number of rotatable bonds is 4. The number of Topliss-reactive ketones (excluding diaryl/α,β-unsaturated/α-hetero) is 1. The lowest BCUT2D eigenvalue weighted by atomic mass is 10.00. The number of benzene rings is 1. The van der Waals surface area contributed by atoms with Gasteiger partial charge in [-0.25, -0.2) is 0 Å². The van der Waals surface area contributed by atoms with E-state index in [2.05, 4.69) is 0 Å². The van der Waals surface area contributed by atoms with Crippen LogP contribution in [-0.2, 0) is 4.79 Å². The average molecular weight is 224 g/mol. The van der Waals surface area contributed by atoms with Crippen molar-refractivity contribution in [2.75, 3.05) is 6.26 Å². The molecule has 1 N–H and O–H groups in total. The molecule has 0 aliphatic heterocycles. The molecule has 0 radical (unpaired) electrons. The molecule has 0 spiro atoms. The lowest BCUT2D eigenvalue weighted by molar-refractivity contribution is -0.139. The highest BCUT2D eigenvalue weighted by molar-refractivity contribution is 7.98. The van der Waals surface area contributed by atoms with Crippen molar-refractivity contribution in [1.29, 1.82) is 0 Å². The zero-order valence-corrected chi connectivity index (χ0v) is 9.38. The lowest BCUT2D eigenvalue weighted by Gasteiger charge is -2.08. The Morgan fingerprint density at radius 3 is 2.47 bits per heavy atom. The minimum absolute atomic E-state index is 0.340. The van der Waals surface area contributed by atoms with Gasteiger partial charge in [-0.3, -0.25) is 9.59 Å². The number of hydrogen-bond donors (Lipinski definition) is 1. The van der Waals surface area contributed by atoms with Crippen molar-refractivity contribution in [3.63, 3.8) is 0 Å². The number of ketones is 1. The van der Waals surface area contributed by atoms with Crippen LogP contribution in [0, 0.1) is 5.92 Å². The van der Waals surface area contributed by atoms with Crippen molar-refractivity contribution in [1.82, 2.24) is 0 Å². The summed E-state index contributed by atoms with van der Waals surface area (Å²) in [6.07, 6.45) is 1.86. The number of carboxylic acid groups (broad SMARTS) is 1. The summed E-state index contributed by atoms with van der Waals surface area (Å²) in [5.41, 5.74) is 0.486. The fourth-order valence-corrected chi connectivity index (χ4v) is 1.80. The molecule has 0 heterocycles. The first-order valence-corrected chi connectivity index (χ1v) is 5.70. The van der Waals surface area contributed by atoms with Gasteiger partial charge in [0.25, 0.3) is 0 Å². The second kappa shape index (κ2) is 4.98. The second-order valence-electron chi connectivity index (χ2n) is 3.12. The Labute approximate surface area is 92.5 Å². The van der Waals surface area contributed by atoms with Crippen LogP contribution in [0.4, 0.5) is 0 Å². The van der Waals surface area contributed by atoms with E-state index in [1.54, 1.807) is 12.1 Å². The van der Waals surface area contributed by atoms with E-state index in [0.717, 1.165) is 4.90 Å². The molecule has 0 saturated carbocycles. The predicted octanol–water partition coefficient (Wildman–Crippen LogP) is 2.31. The van der Waals surface area contributed by atoms with Gasteiger partial charge < -0.3 is 5.11 Å². The van der Waals surface area contributed by atoms with Gasteiger partial charge in [0.1, 0.15) is 5.92 Å². The van der Waals surface area contributed by atoms with Crippen molar-refractivity contribution in [2.24, 2.45) is 5.92 Å². The van der Waals surface area contributed by atoms with Crippen LogP contribution in [0.2, 0.25) is 0 Å². The summed E-state index contributed by atoms with van der Waals surface area (Å²) >= 11 is 1.44. The molecular formula is C11H12O3S. The molecule has 0 fully saturated rings. The van der Waals surface area contributed by atoms with Crippen molar-refractivity contribution in [2.45, 2.75) is 11.8 Å². The van der Waals surface area contributed by atoms with Gasteiger partial charge in [0.05, 0.1) is 0 Å². The predicted molar refractivity (Wildman–Crippen MR) is 59.4 cm³/mol. The second-order valence-corrected chi connectivity index (χ2v) is 3.97. The van der Waals surface area contributed by atoms with Crippen LogP contribution >= 0.6 is 11.8 Å². The number of carbonyl (C=O) groups is 2. The highest BCUT2D eigenvalue weighted by Crippen LogP contribution is 2.22. The van der Waals surface area contributed by atoms with E-state index in [-0.39, 0.29) is 5.78 Å². The summed E-state index contributed by atoms with van der Waals surface area (Å²) in [6, 6.07) is 7.04. The standard InChI is InChI=1S/C11H12O3S/c1-7(11(13)14)10(12)8-5-3-4-6-9(8)15-2/h3-7H,1-2H3,(H,13,14). The molecule has 80 valence electrons. The molecule has 0 aromatic heterocycles. The van der Waals surface area contributed by atoms with E-state index in [9.17, 15) is 9.59 Å². The third kappa shape index (κ3) is 2.59. The number of aliphatic carboxylic acids is 1. The first-order chi connectivity index (χ1) is 7.07. The summed E-state index contributed by atoms with van der Waals surface area (Å²) in [7, 11) is 0. The van der Waals surface area contributed by atoms with Gasteiger partial charge in [0, 0.05) is 10.5 Å². The fraction of sp³-hybridized carbons (Fsp3) is 0.273. The molecule has 15 heavy (non-hydrogen) atoms. The van der Waals surface area contributed by atoms with E-state index in [4.69, 9.17) is 5.11 Å². The summed E-state index contributed by atoms with van der Waals surface area (Å²) < 4.78 is 0. The maximum atomic E-state index is 11.8. The summed E-state index contributed by atoms with van der Waals surface area (Å²) in [5, 5.41) is 8.75. The summed E-state index contributed by atoms with van der Waals surface area (Å²) in [4.78, 5) is 23.3. The Bertz CT molecular complexity index is 387. The van der Waals surface area contributed by atoms with Crippen LogP contribution in [-0.4, -0.2) is 23.1 Å². The van der Waals surface area contributed by atoms with Crippen LogP contribution < -0.4 is 0 Å². The number of carboxylic acids is 1. The smallest absolute Gasteiger partial charge is 0.314 e. The van der Waals surface area contributed by atoms with Crippen LogP contribution in [0.1, 0.15) is 17.3 Å². The Hall–Kier alpha value is -1.29. The maximum Gasteiger partial charge on any atom is 0.314 e. The molecule has 4 heteroatoms. The maximum absolute atomic E-state index is 11.8. The Balaban J connectivity index is 3.05. The van der Waals surface area contributed by atoms with Crippen molar-refractivity contribution in [3.8, 4) is 0 Å². The van der Waals surface area contributed by atoms with Gasteiger partial charge in [-0.2, -0.15) is 0 Å². The normalized spacial score (nSPS) is 12.1. The highest BCUT2D eigenvalue weighted by atomic mass is 32.2. The average Bonchev–Trinajstić information content (AvgIpc) is 2.26. The molecular weight excluding hydrogens is 212 g/mol. The number of hydrogen-bond acceptors (Lipinski definition) is 3. The largest absolute Gasteiger partial charge is 0.481 e. The molecule has 1 rings (SSSR count). The van der Waals surface area contributed by atoms with Crippen molar-refractivity contribution in [3.05, 3.63) is 29.8 Å². The van der Waals surface area contributed by atoms with Crippen molar-refractivity contribution < 1.29 is 14.7 Å². The Kier molecular flexibility index (Phi) is 3.91. The third-order valence-corrected chi connectivity index (χ3v) is 2.93. The minimum atomic E-state index is -1.09. The topological polar surface area (TPSA) is 54.4 Å². The minimum Gasteiger partial charge on any atom is -0.481 e. The van der Waals surface area contributed by atoms with Gasteiger partial charge in [-0.1, -0.05) is 18.2 Å². The third-order valence-electron chi connectivity index (χ3n) is 2.14. The molecule has 0 amide bonds. The van der Waals surface area contributed by atoms with E-state index in [0.29, 0.717) is 5.56 Å². The van der Waals surface area contributed by atoms with Crippen LogP contribution in [0.3, 0.4) is 0 Å². The number of carbonyl (C=O) groups excluding carboxylic acids is 1. The van der Waals surface area contributed by atoms with E-state index in [1.165, 1.54) is 18.7 Å². The SMILES string of the molecule is CSc1ccccc1C(=O)C(C)C(=O)O. The highest BCUT2D eigenvalue weighted by Gasteiger charge is 2.23. The van der Waals surface area contributed by atoms with Gasteiger partial charge >= 0.3 is 5.97 Å². The molecule has 1 atom stereocenters. The number of thioether (sulfide) groups is 1. The van der Waals surface area contributed by atoms with Crippen LogP contribution in [0.25, 0.3) is 0 Å². The van der Waals surface area contributed by atoms with E-state index < -0.39 is 11.9 Å². The molecule has 3 nitrogen and oxygen atoms in total. The van der Waals surface area contributed by atoms with Gasteiger partial charge in [0.2, 0.25) is 0 Å². The van der Waals surface area contributed by atoms with E-state index in [1.807, 2.05) is 18.4 Å². The molecule has 1 aromatic rings. The molecule has 0 bridgehead atoms. The first kappa shape index (κ1) is 11.8. The van der Waals surface area contributed by atoms with Crippen LogP contribution in [0.15, 0.2) is 29.2 Å². The zero-order valence-electron chi connectivity index (χ0n) is 8.56. The summed E-state index contributed by atoms with van der Waals surface area (Å²) in [6.45, 7) is 1.40. The van der Waals surface area contributed by atoms with Crippen LogP contribution in [0.5, 0.6) is 0 Å². The molecule has 0 aliphatic rings.